The van der Waals surface area contributed by atoms with Crippen LogP contribution in [0.4, 0.5) is 0 Å². The summed E-state index contributed by atoms with van der Waals surface area (Å²) >= 11 is 0. The maximum Gasteiger partial charge on any atom is 0.306 e. The molecule has 1 aliphatic carbocycles. The van der Waals surface area contributed by atoms with Crippen LogP contribution in [0.1, 0.15) is 50.7 Å². The molecular formula is C26H37NO4. The Balaban J connectivity index is 1.42. The van der Waals surface area contributed by atoms with Crippen LogP contribution in [0.25, 0.3) is 0 Å². The predicted octanol–water partition coefficient (Wildman–Crippen LogP) is 3.34. The second-order valence-corrected chi connectivity index (χ2v) is 9.12. The molecular weight excluding hydrogens is 390 g/mol. The van der Waals surface area contributed by atoms with Gasteiger partial charge in [-0.15, -0.1) is 0 Å². The van der Waals surface area contributed by atoms with Crippen LogP contribution < -0.4 is 5.32 Å². The third kappa shape index (κ3) is 7.03. The van der Waals surface area contributed by atoms with Gasteiger partial charge in [-0.1, -0.05) is 48.6 Å². The highest BCUT2D eigenvalue weighted by Gasteiger charge is 2.32. The first-order valence-corrected chi connectivity index (χ1v) is 11.6. The topological polar surface area (TPSA) is 78.8 Å². The van der Waals surface area contributed by atoms with Gasteiger partial charge in [0.15, 0.2) is 0 Å². The number of hydrogen-bond acceptors (Lipinski definition) is 5. The number of allylic oxidation sites excluding steroid dienone is 2. The van der Waals surface area contributed by atoms with E-state index in [1.54, 1.807) is 0 Å². The Kier molecular flexibility index (Phi) is 8.88. The minimum Gasteiger partial charge on any atom is -0.463 e. The number of benzene rings is 1. The minimum atomic E-state index is -0.478. The highest BCUT2D eigenvalue weighted by molar-refractivity contribution is 5.69. The number of unbranched alkanes of at least 4 members (excludes halogenated alkanes) is 1. The smallest absolute Gasteiger partial charge is 0.306 e. The number of carbonyl (C=O) groups is 1. The average Bonchev–Trinajstić information content (AvgIpc) is 3.32. The number of aliphatic hydroxyl groups excluding tert-OH is 2. The molecule has 170 valence electrons. The summed E-state index contributed by atoms with van der Waals surface area (Å²) in [6, 6.07) is 8.47. The fourth-order valence-corrected chi connectivity index (χ4v) is 4.60. The molecule has 5 nitrogen and oxygen atoms in total. The number of fused-ring (bicyclic) bond motifs is 1. The second-order valence-electron chi connectivity index (χ2n) is 9.12. The third-order valence-corrected chi connectivity index (χ3v) is 6.29. The van der Waals surface area contributed by atoms with E-state index < -0.39 is 12.2 Å². The Hall–Kier alpha value is -1.95. The zero-order chi connectivity index (χ0) is 22.2. The van der Waals surface area contributed by atoms with E-state index in [4.69, 9.17) is 4.74 Å². The van der Waals surface area contributed by atoms with Crippen molar-refractivity contribution in [1.29, 1.82) is 0 Å². The van der Waals surface area contributed by atoms with Gasteiger partial charge in [0.05, 0.1) is 18.3 Å². The number of hydrogen-bond donors (Lipinski definition) is 3. The molecule has 0 bridgehead atoms. The standard InChI is InChI=1S/C26H37NO4/c1-18(2)31-26(30)12-6-4-3-5-11-22-23(27-17-25(22)29)13-14-24(28)21-15-19-9-7-8-10-20(19)16-21/h3,5,7-10,13-14,18,21-25,27-29H,4,6,11-12,15-17H2,1-2H3/b5-3+,14-13+/t22-,23-,24-,25+/m1/s1. The molecule has 31 heavy (non-hydrogen) atoms. The number of esters is 1. The van der Waals surface area contributed by atoms with Crippen LogP contribution in [0.2, 0.25) is 0 Å². The van der Waals surface area contributed by atoms with Gasteiger partial charge in [-0.3, -0.25) is 4.79 Å². The summed E-state index contributed by atoms with van der Waals surface area (Å²) in [5, 5.41) is 24.4. The molecule has 1 fully saturated rings. The molecule has 0 saturated carbocycles. The van der Waals surface area contributed by atoms with Crippen LogP contribution in [-0.2, 0) is 22.4 Å². The van der Waals surface area contributed by atoms with E-state index in [-0.39, 0.29) is 30.0 Å². The molecule has 0 radical (unpaired) electrons. The maximum absolute atomic E-state index is 11.6. The van der Waals surface area contributed by atoms with Crippen LogP contribution in [0.5, 0.6) is 0 Å². The molecule has 1 aliphatic heterocycles. The monoisotopic (exact) mass is 427 g/mol. The normalized spacial score (nSPS) is 25.0. The number of nitrogens with one attached hydrogen (secondary N) is 1. The van der Waals surface area contributed by atoms with E-state index in [0.29, 0.717) is 13.0 Å². The van der Waals surface area contributed by atoms with Crippen molar-refractivity contribution >= 4 is 5.97 Å². The molecule has 3 rings (SSSR count). The summed E-state index contributed by atoms with van der Waals surface area (Å²) in [7, 11) is 0. The van der Waals surface area contributed by atoms with Gasteiger partial charge in [0.25, 0.3) is 0 Å². The lowest BCUT2D eigenvalue weighted by Gasteiger charge is -2.19. The molecule has 5 heteroatoms. The van der Waals surface area contributed by atoms with Gasteiger partial charge in [0.1, 0.15) is 0 Å². The lowest BCUT2D eigenvalue weighted by atomic mass is 9.92. The van der Waals surface area contributed by atoms with E-state index in [0.717, 1.165) is 32.1 Å². The van der Waals surface area contributed by atoms with Crippen molar-refractivity contribution < 1.29 is 19.7 Å². The van der Waals surface area contributed by atoms with Crippen molar-refractivity contribution in [1.82, 2.24) is 5.32 Å². The van der Waals surface area contributed by atoms with Gasteiger partial charge >= 0.3 is 5.97 Å². The molecule has 1 aromatic carbocycles. The second kappa shape index (κ2) is 11.6. The Morgan fingerprint density at radius 1 is 1.23 bits per heavy atom. The number of rotatable bonds is 10. The van der Waals surface area contributed by atoms with Gasteiger partial charge in [-0.2, -0.15) is 0 Å². The van der Waals surface area contributed by atoms with Crippen LogP contribution in [0, 0.1) is 11.8 Å². The van der Waals surface area contributed by atoms with Crippen molar-refractivity contribution in [2.45, 2.75) is 76.7 Å². The summed E-state index contributed by atoms with van der Waals surface area (Å²) in [6.07, 6.45) is 11.8. The van der Waals surface area contributed by atoms with Crippen molar-refractivity contribution in [3.05, 3.63) is 59.7 Å². The molecule has 0 unspecified atom stereocenters. The summed E-state index contributed by atoms with van der Waals surface area (Å²) in [6.45, 7) is 4.28. The Labute approximate surface area is 186 Å². The maximum atomic E-state index is 11.6. The average molecular weight is 428 g/mol. The lowest BCUT2D eigenvalue weighted by molar-refractivity contribution is -0.147. The van der Waals surface area contributed by atoms with Crippen LogP contribution in [0.3, 0.4) is 0 Å². The predicted molar refractivity (Wildman–Crippen MR) is 123 cm³/mol. The molecule has 4 atom stereocenters. The van der Waals surface area contributed by atoms with Crippen molar-refractivity contribution in [2.75, 3.05) is 6.54 Å². The Bertz CT molecular complexity index is 747. The van der Waals surface area contributed by atoms with Crippen molar-refractivity contribution in [3.8, 4) is 0 Å². The highest BCUT2D eigenvalue weighted by atomic mass is 16.5. The van der Waals surface area contributed by atoms with Crippen LogP contribution >= 0.6 is 0 Å². The molecule has 0 amide bonds. The van der Waals surface area contributed by atoms with Crippen LogP contribution in [0.15, 0.2) is 48.6 Å². The first-order chi connectivity index (χ1) is 14.9. The van der Waals surface area contributed by atoms with E-state index in [1.165, 1.54) is 11.1 Å². The highest BCUT2D eigenvalue weighted by Crippen LogP contribution is 2.29. The number of carbonyl (C=O) groups excluding carboxylic acids is 1. The quantitative estimate of drug-likeness (QED) is 0.303. The summed E-state index contributed by atoms with van der Waals surface area (Å²) < 4.78 is 5.14. The minimum absolute atomic E-state index is 0.0547. The molecule has 0 aromatic heterocycles. The van der Waals surface area contributed by atoms with Crippen molar-refractivity contribution in [3.63, 3.8) is 0 Å². The lowest BCUT2D eigenvalue weighted by Crippen LogP contribution is -2.27. The molecule has 0 spiro atoms. The summed E-state index contributed by atoms with van der Waals surface area (Å²) in [4.78, 5) is 11.6. The summed E-state index contributed by atoms with van der Waals surface area (Å²) in [5.74, 6) is 0.167. The van der Waals surface area contributed by atoms with E-state index in [1.807, 2.05) is 26.0 Å². The van der Waals surface area contributed by atoms with E-state index >= 15 is 0 Å². The zero-order valence-electron chi connectivity index (χ0n) is 18.7. The number of β-amino-alcohol motifs (C(OH)–C–C–N with tert-alkyl or cyclic N) is 1. The van der Waals surface area contributed by atoms with Gasteiger partial charge in [-0.25, -0.2) is 0 Å². The van der Waals surface area contributed by atoms with Gasteiger partial charge in [0, 0.05) is 24.9 Å². The Morgan fingerprint density at radius 2 is 1.94 bits per heavy atom. The zero-order valence-corrected chi connectivity index (χ0v) is 18.7. The number of ether oxygens (including phenoxy) is 1. The molecule has 1 saturated heterocycles. The van der Waals surface area contributed by atoms with E-state index in [9.17, 15) is 15.0 Å². The van der Waals surface area contributed by atoms with Gasteiger partial charge in [0.2, 0.25) is 0 Å². The van der Waals surface area contributed by atoms with Crippen LogP contribution in [-0.4, -0.2) is 47.1 Å². The molecule has 3 N–H and O–H groups in total. The molecule has 1 aromatic rings. The van der Waals surface area contributed by atoms with E-state index in [2.05, 4.69) is 41.7 Å². The summed E-state index contributed by atoms with van der Waals surface area (Å²) in [5.41, 5.74) is 2.68. The fraction of sp³-hybridized carbons (Fsp3) is 0.577. The van der Waals surface area contributed by atoms with Gasteiger partial charge < -0.3 is 20.3 Å². The largest absolute Gasteiger partial charge is 0.463 e. The van der Waals surface area contributed by atoms with Gasteiger partial charge in [-0.05, 0) is 63.0 Å². The molecule has 2 aliphatic rings. The first kappa shape index (κ1) is 23.7. The Morgan fingerprint density at radius 3 is 2.61 bits per heavy atom. The first-order valence-electron chi connectivity index (χ1n) is 11.6. The third-order valence-electron chi connectivity index (χ3n) is 6.29. The van der Waals surface area contributed by atoms with Crippen molar-refractivity contribution in [2.24, 2.45) is 11.8 Å². The molecule has 1 heterocycles. The number of aliphatic hydroxyl groups is 2. The SMILES string of the molecule is CC(C)OC(=O)CCC/C=C/C[C@H]1[C@@H](O)CN[C@@H]1/C=C/[C@@H](O)C1Cc2ccccc2C1. The fourth-order valence-electron chi connectivity index (χ4n) is 4.60.